The van der Waals surface area contributed by atoms with Crippen LogP contribution in [0, 0.1) is 11.8 Å². The van der Waals surface area contributed by atoms with Crippen molar-refractivity contribution in [3.05, 3.63) is 30.2 Å². The Labute approximate surface area is 142 Å². The summed E-state index contributed by atoms with van der Waals surface area (Å²) in [6.45, 7) is 8.52. The van der Waals surface area contributed by atoms with Gasteiger partial charge in [-0.25, -0.2) is 4.98 Å². The number of aryl methyl sites for hydroxylation is 1. The average molecular weight is 324 g/mol. The number of rotatable bonds is 4. The van der Waals surface area contributed by atoms with Crippen molar-refractivity contribution in [3.8, 4) is 11.3 Å². The van der Waals surface area contributed by atoms with Gasteiger partial charge in [0.25, 0.3) is 6.01 Å². The van der Waals surface area contributed by atoms with E-state index in [1.165, 1.54) is 12.2 Å². The zero-order chi connectivity index (χ0) is 16.7. The maximum atomic E-state index is 5.67. The molecule has 1 N–H and O–H groups in total. The topological polar surface area (TPSA) is 55.9 Å². The highest BCUT2D eigenvalue weighted by atomic mass is 16.4. The second-order valence-electron chi connectivity index (χ2n) is 6.96. The van der Waals surface area contributed by atoms with Gasteiger partial charge in [-0.3, -0.25) is 0 Å². The summed E-state index contributed by atoms with van der Waals surface area (Å²) in [5.41, 5.74) is 3.80. The molecule has 0 spiro atoms. The van der Waals surface area contributed by atoms with E-state index in [2.05, 4.69) is 47.0 Å². The fraction of sp³-hybridized carbons (Fsp3) is 0.474. The van der Waals surface area contributed by atoms with Gasteiger partial charge in [-0.1, -0.05) is 13.8 Å². The van der Waals surface area contributed by atoms with Gasteiger partial charge in [-0.05, 0) is 43.4 Å². The molecule has 0 aliphatic carbocycles. The molecule has 0 radical (unpaired) electrons. The minimum atomic E-state index is 0.577. The Bertz CT molecular complexity index is 862. The zero-order valence-electron chi connectivity index (χ0n) is 14.5. The Hall–Kier alpha value is -2.30. The number of fused-ring (bicyclic) bond motifs is 2. The molecule has 1 aliphatic rings. The van der Waals surface area contributed by atoms with Gasteiger partial charge in [0, 0.05) is 31.3 Å². The molecule has 1 aliphatic heterocycles. The first-order valence-corrected chi connectivity index (χ1v) is 8.85. The number of aromatic nitrogens is 3. The molecular weight excluding hydrogens is 300 g/mol. The van der Waals surface area contributed by atoms with Crippen molar-refractivity contribution >= 4 is 17.1 Å². The second-order valence-corrected chi connectivity index (χ2v) is 6.96. The Balaban J connectivity index is 1.65. The first kappa shape index (κ1) is 15.2. The summed E-state index contributed by atoms with van der Waals surface area (Å²) in [7, 11) is 0. The Morgan fingerprint density at radius 1 is 1.33 bits per heavy atom. The molecule has 2 aromatic heterocycles. The molecule has 0 amide bonds. The minimum Gasteiger partial charge on any atom is -0.424 e. The SMILES string of the molecule is CCNc1nc2cc(-c3cn4c(n3)CC(C(C)C)CC4)ccc2o1. The molecule has 24 heavy (non-hydrogen) atoms. The van der Waals surface area contributed by atoms with E-state index in [1.54, 1.807) is 0 Å². The highest BCUT2D eigenvalue weighted by Crippen LogP contribution is 2.30. The normalized spacial score (nSPS) is 17.4. The van der Waals surface area contributed by atoms with Crippen molar-refractivity contribution in [3.63, 3.8) is 0 Å². The third kappa shape index (κ3) is 2.68. The first-order chi connectivity index (χ1) is 11.6. The largest absolute Gasteiger partial charge is 0.424 e. The molecule has 5 nitrogen and oxygen atoms in total. The standard InChI is InChI=1S/C19H24N4O/c1-4-20-19-22-15-9-14(5-6-17(15)24-19)16-11-23-8-7-13(12(2)3)10-18(23)21-16/h5-6,9,11-13H,4,7-8,10H2,1-3H3,(H,20,22). The molecule has 0 fully saturated rings. The maximum absolute atomic E-state index is 5.67. The van der Waals surface area contributed by atoms with Gasteiger partial charge in [-0.15, -0.1) is 0 Å². The molecule has 126 valence electrons. The third-order valence-corrected chi connectivity index (χ3v) is 5.00. The molecule has 1 atom stereocenters. The fourth-order valence-electron chi connectivity index (χ4n) is 3.47. The smallest absolute Gasteiger partial charge is 0.295 e. The lowest BCUT2D eigenvalue weighted by Gasteiger charge is -2.26. The number of anilines is 1. The van der Waals surface area contributed by atoms with Gasteiger partial charge in [0.2, 0.25) is 0 Å². The molecular formula is C19H24N4O. The van der Waals surface area contributed by atoms with Crippen LogP contribution in [0.2, 0.25) is 0 Å². The minimum absolute atomic E-state index is 0.577. The van der Waals surface area contributed by atoms with E-state index >= 15 is 0 Å². The zero-order valence-corrected chi connectivity index (χ0v) is 14.5. The quantitative estimate of drug-likeness (QED) is 0.775. The summed E-state index contributed by atoms with van der Waals surface area (Å²) in [6, 6.07) is 6.69. The van der Waals surface area contributed by atoms with E-state index < -0.39 is 0 Å². The maximum Gasteiger partial charge on any atom is 0.295 e. The monoisotopic (exact) mass is 324 g/mol. The van der Waals surface area contributed by atoms with Gasteiger partial charge in [0.1, 0.15) is 11.3 Å². The third-order valence-electron chi connectivity index (χ3n) is 5.00. The summed E-state index contributed by atoms with van der Waals surface area (Å²) >= 11 is 0. The fourth-order valence-corrected chi connectivity index (χ4v) is 3.47. The lowest BCUT2D eigenvalue weighted by Crippen LogP contribution is -2.22. The number of oxazole rings is 1. The van der Waals surface area contributed by atoms with E-state index in [-0.39, 0.29) is 0 Å². The van der Waals surface area contributed by atoms with Crippen LogP contribution in [0.3, 0.4) is 0 Å². The molecule has 4 rings (SSSR count). The van der Waals surface area contributed by atoms with Crippen LogP contribution in [0.5, 0.6) is 0 Å². The number of benzene rings is 1. The van der Waals surface area contributed by atoms with E-state index in [9.17, 15) is 0 Å². The molecule has 0 bridgehead atoms. The number of nitrogens with zero attached hydrogens (tertiary/aromatic N) is 3. The summed E-state index contributed by atoms with van der Waals surface area (Å²) in [4.78, 5) is 9.39. The van der Waals surface area contributed by atoms with Crippen LogP contribution in [0.15, 0.2) is 28.8 Å². The van der Waals surface area contributed by atoms with Crippen LogP contribution in [-0.2, 0) is 13.0 Å². The molecule has 3 aromatic rings. The molecule has 3 heterocycles. The Morgan fingerprint density at radius 3 is 3.00 bits per heavy atom. The van der Waals surface area contributed by atoms with Gasteiger partial charge in [0.15, 0.2) is 5.58 Å². The van der Waals surface area contributed by atoms with Gasteiger partial charge < -0.3 is 14.3 Å². The predicted molar refractivity (Wildman–Crippen MR) is 96.0 cm³/mol. The van der Waals surface area contributed by atoms with Crippen molar-refractivity contribution in [1.82, 2.24) is 14.5 Å². The van der Waals surface area contributed by atoms with Crippen LogP contribution in [0.4, 0.5) is 6.01 Å². The molecule has 5 heteroatoms. The summed E-state index contributed by atoms with van der Waals surface area (Å²) < 4.78 is 7.98. The van der Waals surface area contributed by atoms with Crippen molar-refractivity contribution < 1.29 is 4.42 Å². The molecule has 1 aromatic carbocycles. The number of hydrogen-bond acceptors (Lipinski definition) is 4. The first-order valence-electron chi connectivity index (χ1n) is 8.85. The molecule has 0 saturated carbocycles. The van der Waals surface area contributed by atoms with E-state index in [4.69, 9.17) is 9.40 Å². The van der Waals surface area contributed by atoms with Gasteiger partial charge in [0.05, 0.1) is 5.69 Å². The van der Waals surface area contributed by atoms with Crippen molar-refractivity contribution in [2.45, 2.75) is 40.2 Å². The average Bonchev–Trinajstić information content (AvgIpc) is 3.16. The van der Waals surface area contributed by atoms with Gasteiger partial charge >= 0.3 is 0 Å². The van der Waals surface area contributed by atoms with Crippen molar-refractivity contribution in [2.24, 2.45) is 11.8 Å². The molecule has 1 unspecified atom stereocenters. The highest BCUT2D eigenvalue weighted by molar-refractivity contribution is 5.80. The lowest BCUT2D eigenvalue weighted by atomic mass is 9.87. The van der Waals surface area contributed by atoms with Crippen LogP contribution in [0.25, 0.3) is 22.4 Å². The number of nitrogens with one attached hydrogen (secondary N) is 1. The summed E-state index contributed by atoms with van der Waals surface area (Å²) in [5.74, 6) is 2.67. The Kier molecular flexibility index (Phi) is 3.79. The van der Waals surface area contributed by atoms with Crippen LogP contribution in [-0.4, -0.2) is 21.1 Å². The number of hydrogen-bond donors (Lipinski definition) is 1. The van der Waals surface area contributed by atoms with Crippen LogP contribution < -0.4 is 5.32 Å². The lowest BCUT2D eigenvalue weighted by molar-refractivity contribution is 0.298. The summed E-state index contributed by atoms with van der Waals surface area (Å²) in [6.07, 6.45) is 4.50. The predicted octanol–water partition coefficient (Wildman–Crippen LogP) is 4.34. The van der Waals surface area contributed by atoms with Crippen molar-refractivity contribution in [2.75, 3.05) is 11.9 Å². The van der Waals surface area contributed by atoms with Crippen LogP contribution in [0.1, 0.15) is 33.0 Å². The Morgan fingerprint density at radius 2 is 2.21 bits per heavy atom. The summed E-state index contributed by atoms with van der Waals surface area (Å²) in [5, 5.41) is 3.11. The van der Waals surface area contributed by atoms with E-state index in [0.29, 0.717) is 6.01 Å². The molecule has 0 saturated heterocycles. The highest BCUT2D eigenvalue weighted by Gasteiger charge is 2.23. The van der Waals surface area contributed by atoms with Gasteiger partial charge in [-0.2, -0.15) is 4.98 Å². The van der Waals surface area contributed by atoms with E-state index in [1.807, 2.05) is 13.0 Å². The number of imidazole rings is 1. The van der Waals surface area contributed by atoms with E-state index in [0.717, 1.165) is 53.7 Å². The second kappa shape index (κ2) is 5.96. The van der Waals surface area contributed by atoms with Crippen molar-refractivity contribution in [1.29, 1.82) is 0 Å². The van der Waals surface area contributed by atoms with Crippen LogP contribution >= 0.6 is 0 Å².